The van der Waals surface area contributed by atoms with Crippen molar-refractivity contribution in [2.45, 2.75) is 31.3 Å². The van der Waals surface area contributed by atoms with Crippen molar-refractivity contribution in [3.05, 3.63) is 70.7 Å². The zero-order chi connectivity index (χ0) is 21.1. The highest BCUT2D eigenvalue weighted by atomic mass is 35.5. The highest BCUT2D eigenvalue weighted by Crippen LogP contribution is 2.25. The monoisotopic (exact) mass is 434 g/mol. The second-order valence-corrected chi connectivity index (χ2v) is 10.2. The number of benzene rings is 2. The topological polar surface area (TPSA) is 92.3 Å². The van der Waals surface area contributed by atoms with Crippen LogP contribution in [0.1, 0.15) is 41.7 Å². The maximum Gasteiger partial charge on any atom is 0.253 e. The van der Waals surface area contributed by atoms with Gasteiger partial charge in [-0.15, -0.1) is 0 Å². The number of halogens is 1. The van der Waals surface area contributed by atoms with E-state index in [1.165, 1.54) is 0 Å². The Bertz CT molecular complexity index is 1010. The van der Waals surface area contributed by atoms with Gasteiger partial charge in [0, 0.05) is 0 Å². The van der Waals surface area contributed by atoms with E-state index in [9.17, 15) is 18.0 Å². The minimum atomic E-state index is -3.14. The Kier molecular flexibility index (Phi) is 6.29. The van der Waals surface area contributed by atoms with E-state index in [-0.39, 0.29) is 29.7 Å². The summed E-state index contributed by atoms with van der Waals surface area (Å²) >= 11 is 6.12. The lowest BCUT2D eigenvalue weighted by Crippen LogP contribution is -2.48. The lowest BCUT2D eigenvalue weighted by molar-refractivity contribution is -0.123. The van der Waals surface area contributed by atoms with Crippen LogP contribution in [-0.2, 0) is 14.6 Å². The second kappa shape index (κ2) is 8.55. The third-order valence-electron chi connectivity index (χ3n) is 4.96. The van der Waals surface area contributed by atoms with Gasteiger partial charge in [0.2, 0.25) is 5.91 Å². The van der Waals surface area contributed by atoms with Crippen molar-refractivity contribution in [3.8, 4) is 0 Å². The second-order valence-electron chi connectivity index (χ2n) is 7.57. The fraction of sp³-hybridized carbons (Fsp3) is 0.333. The standard InChI is InChI=1S/C21H23ClN2O4S/c1-21(11-12-29(27,28)14-21)24-19(25)13-18(15-7-3-2-4-8-15)23-20(26)16-9-5-6-10-17(16)22/h2-10,18H,11-14H2,1H3,(H,23,26)(H,24,25)/t18-,21-/m0/s1. The van der Waals surface area contributed by atoms with Crippen LogP contribution >= 0.6 is 11.6 Å². The number of carbonyl (C=O) groups is 2. The van der Waals surface area contributed by atoms with Gasteiger partial charge in [-0.2, -0.15) is 0 Å². The summed E-state index contributed by atoms with van der Waals surface area (Å²) in [4.78, 5) is 25.4. The molecule has 2 amide bonds. The molecule has 29 heavy (non-hydrogen) atoms. The normalized spacial score (nSPS) is 21.3. The molecule has 1 heterocycles. The quantitative estimate of drug-likeness (QED) is 0.731. The largest absolute Gasteiger partial charge is 0.350 e. The Hall–Kier alpha value is -2.38. The molecule has 0 saturated carbocycles. The first kappa shape index (κ1) is 21.3. The van der Waals surface area contributed by atoms with Crippen molar-refractivity contribution in [1.82, 2.24) is 10.6 Å². The number of amides is 2. The molecule has 8 heteroatoms. The smallest absolute Gasteiger partial charge is 0.253 e. The molecule has 2 N–H and O–H groups in total. The fourth-order valence-electron chi connectivity index (χ4n) is 3.50. The van der Waals surface area contributed by atoms with E-state index < -0.39 is 21.4 Å². The summed E-state index contributed by atoms with van der Waals surface area (Å²) in [7, 11) is -3.14. The summed E-state index contributed by atoms with van der Waals surface area (Å²) in [6.07, 6.45) is 0.360. The van der Waals surface area contributed by atoms with E-state index >= 15 is 0 Å². The number of rotatable bonds is 6. The molecule has 1 fully saturated rings. The number of nitrogens with one attached hydrogen (secondary N) is 2. The Balaban J connectivity index is 1.75. The highest BCUT2D eigenvalue weighted by molar-refractivity contribution is 7.91. The van der Waals surface area contributed by atoms with Crippen LogP contribution in [-0.4, -0.2) is 37.3 Å². The third-order valence-corrected chi connectivity index (χ3v) is 7.19. The molecule has 0 spiro atoms. The molecule has 1 aliphatic heterocycles. The molecule has 1 saturated heterocycles. The van der Waals surface area contributed by atoms with Crippen molar-refractivity contribution in [2.75, 3.05) is 11.5 Å². The van der Waals surface area contributed by atoms with Crippen molar-refractivity contribution in [2.24, 2.45) is 0 Å². The van der Waals surface area contributed by atoms with E-state index in [1.807, 2.05) is 30.3 Å². The predicted octanol–water partition coefficient (Wildman–Crippen LogP) is 2.89. The van der Waals surface area contributed by atoms with Gasteiger partial charge in [0.15, 0.2) is 9.84 Å². The number of carbonyl (C=O) groups excluding carboxylic acids is 2. The van der Waals surface area contributed by atoms with Crippen LogP contribution in [0.4, 0.5) is 0 Å². The first-order valence-corrected chi connectivity index (χ1v) is 11.5. The molecular formula is C21H23ClN2O4S. The predicted molar refractivity (Wildman–Crippen MR) is 113 cm³/mol. The Labute approximate surface area is 175 Å². The fourth-order valence-corrected chi connectivity index (χ4v) is 5.82. The van der Waals surface area contributed by atoms with Crippen LogP contribution in [0.5, 0.6) is 0 Å². The molecule has 3 rings (SSSR count). The highest BCUT2D eigenvalue weighted by Gasteiger charge is 2.39. The first-order chi connectivity index (χ1) is 13.7. The summed E-state index contributed by atoms with van der Waals surface area (Å²) in [5.74, 6) is -0.715. The molecule has 0 bridgehead atoms. The van der Waals surface area contributed by atoms with Crippen molar-refractivity contribution in [3.63, 3.8) is 0 Å². The van der Waals surface area contributed by atoms with E-state index in [1.54, 1.807) is 31.2 Å². The maximum absolute atomic E-state index is 12.7. The van der Waals surface area contributed by atoms with Gasteiger partial charge >= 0.3 is 0 Å². The van der Waals surface area contributed by atoms with E-state index in [0.29, 0.717) is 17.0 Å². The molecule has 1 aliphatic rings. The van der Waals surface area contributed by atoms with Gasteiger partial charge in [-0.25, -0.2) is 8.42 Å². The molecule has 6 nitrogen and oxygen atoms in total. The summed E-state index contributed by atoms with van der Waals surface area (Å²) in [6.45, 7) is 1.73. The van der Waals surface area contributed by atoms with Crippen LogP contribution in [0.25, 0.3) is 0 Å². The summed E-state index contributed by atoms with van der Waals surface area (Å²) in [6, 6.07) is 15.3. The number of hydrogen-bond donors (Lipinski definition) is 2. The molecule has 2 aromatic carbocycles. The molecule has 0 radical (unpaired) electrons. The van der Waals surface area contributed by atoms with E-state index in [2.05, 4.69) is 10.6 Å². The van der Waals surface area contributed by atoms with Crippen LogP contribution in [0.15, 0.2) is 54.6 Å². The Morgan fingerprint density at radius 2 is 1.76 bits per heavy atom. The molecule has 2 atom stereocenters. The average Bonchev–Trinajstić information content (AvgIpc) is 2.94. The molecule has 0 aliphatic carbocycles. The SMILES string of the molecule is C[C@]1(NC(=O)C[C@H](NC(=O)c2ccccc2Cl)c2ccccc2)CCS(=O)(=O)C1. The number of sulfone groups is 1. The van der Waals surface area contributed by atoms with Crippen LogP contribution in [0.2, 0.25) is 5.02 Å². The Morgan fingerprint density at radius 1 is 1.10 bits per heavy atom. The molecule has 0 aromatic heterocycles. The summed E-state index contributed by atoms with van der Waals surface area (Å²) < 4.78 is 23.6. The molecule has 0 unspecified atom stereocenters. The summed E-state index contributed by atoms with van der Waals surface area (Å²) in [5, 5.41) is 6.04. The lowest BCUT2D eigenvalue weighted by Gasteiger charge is -2.26. The van der Waals surface area contributed by atoms with Crippen molar-refractivity contribution >= 4 is 33.3 Å². The van der Waals surface area contributed by atoms with Gasteiger partial charge in [0.25, 0.3) is 5.91 Å². The summed E-state index contributed by atoms with van der Waals surface area (Å²) in [5.41, 5.74) is 0.306. The zero-order valence-corrected chi connectivity index (χ0v) is 17.6. The van der Waals surface area contributed by atoms with Gasteiger partial charge in [0.05, 0.1) is 40.1 Å². The molecule has 154 valence electrons. The molecular weight excluding hydrogens is 412 g/mol. The van der Waals surface area contributed by atoms with Gasteiger partial charge in [-0.05, 0) is 31.0 Å². The molecule has 2 aromatic rings. The van der Waals surface area contributed by atoms with Crippen LogP contribution in [0, 0.1) is 0 Å². The van der Waals surface area contributed by atoms with Gasteiger partial charge < -0.3 is 10.6 Å². The van der Waals surface area contributed by atoms with E-state index in [0.717, 1.165) is 5.56 Å². The Morgan fingerprint density at radius 3 is 2.38 bits per heavy atom. The third kappa shape index (κ3) is 5.58. The minimum Gasteiger partial charge on any atom is -0.350 e. The zero-order valence-electron chi connectivity index (χ0n) is 16.0. The average molecular weight is 435 g/mol. The van der Waals surface area contributed by atoms with Crippen LogP contribution in [0.3, 0.4) is 0 Å². The maximum atomic E-state index is 12.7. The van der Waals surface area contributed by atoms with E-state index in [4.69, 9.17) is 11.6 Å². The van der Waals surface area contributed by atoms with Crippen LogP contribution < -0.4 is 10.6 Å². The first-order valence-electron chi connectivity index (χ1n) is 9.29. The van der Waals surface area contributed by atoms with Crippen molar-refractivity contribution in [1.29, 1.82) is 0 Å². The van der Waals surface area contributed by atoms with Crippen molar-refractivity contribution < 1.29 is 18.0 Å². The van der Waals surface area contributed by atoms with Gasteiger partial charge in [-0.3, -0.25) is 9.59 Å². The van der Waals surface area contributed by atoms with Gasteiger partial charge in [-0.1, -0.05) is 54.1 Å². The van der Waals surface area contributed by atoms with Gasteiger partial charge in [0.1, 0.15) is 0 Å². The number of hydrogen-bond acceptors (Lipinski definition) is 4. The minimum absolute atomic E-state index is 0.0180. The lowest BCUT2D eigenvalue weighted by atomic mass is 9.99.